The van der Waals surface area contributed by atoms with Crippen molar-refractivity contribution in [2.75, 3.05) is 11.9 Å². The lowest BCUT2D eigenvalue weighted by Gasteiger charge is -2.20. The topological polar surface area (TPSA) is 38.0 Å². The van der Waals surface area contributed by atoms with Gasteiger partial charge in [-0.3, -0.25) is 0 Å². The third-order valence-corrected chi connectivity index (χ3v) is 4.39. The summed E-state index contributed by atoms with van der Waals surface area (Å²) >= 11 is 15.4. The zero-order chi connectivity index (χ0) is 14.7. The maximum atomic E-state index is 13.1. The van der Waals surface area contributed by atoms with E-state index in [0.717, 1.165) is 15.7 Å². The van der Waals surface area contributed by atoms with Gasteiger partial charge in [0.15, 0.2) is 0 Å². The van der Waals surface area contributed by atoms with Crippen LogP contribution in [0, 0.1) is 5.82 Å². The lowest BCUT2D eigenvalue weighted by molar-refractivity contribution is 0.626. The molecule has 0 radical (unpaired) electrons. The second-order valence-electron chi connectivity index (χ2n) is 4.23. The Morgan fingerprint density at radius 3 is 2.50 bits per heavy atom. The number of hydrogen-bond donors (Lipinski definition) is 2. The second-order valence-corrected chi connectivity index (χ2v) is 5.90. The van der Waals surface area contributed by atoms with Gasteiger partial charge in [0.1, 0.15) is 5.82 Å². The first-order valence-electron chi connectivity index (χ1n) is 5.88. The molecule has 6 heteroatoms. The van der Waals surface area contributed by atoms with Gasteiger partial charge in [0.05, 0.1) is 11.1 Å². The highest BCUT2D eigenvalue weighted by atomic mass is 79.9. The molecule has 0 bridgehead atoms. The molecule has 2 rings (SSSR count). The minimum Gasteiger partial charge on any atom is -0.377 e. The standard InChI is InChI=1S/C14H12BrCl2FN2/c15-11-4-2-9(6-13(11)17)20-14(7-19)10-3-1-8(18)5-12(10)16/h1-6,14,20H,7,19H2. The molecule has 0 spiro atoms. The lowest BCUT2D eigenvalue weighted by Crippen LogP contribution is -2.21. The number of hydrogen-bond acceptors (Lipinski definition) is 2. The Morgan fingerprint density at radius 2 is 1.90 bits per heavy atom. The summed E-state index contributed by atoms with van der Waals surface area (Å²) in [6.07, 6.45) is 0. The molecule has 2 nitrogen and oxygen atoms in total. The molecule has 1 atom stereocenters. The molecule has 1 unspecified atom stereocenters. The number of rotatable bonds is 4. The van der Waals surface area contributed by atoms with Gasteiger partial charge in [-0.15, -0.1) is 0 Å². The molecule has 106 valence electrons. The summed E-state index contributed by atoms with van der Waals surface area (Å²) in [5.74, 6) is -0.374. The molecule has 0 fully saturated rings. The van der Waals surface area contributed by atoms with Gasteiger partial charge >= 0.3 is 0 Å². The summed E-state index contributed by atoms with van der Waals surface area (Å²) in [6.45, 7) is 0.318. The maximum Gasteiger partial charge on any atom is 0.124 e. The Morgan fingerprint density at radius 1 is 1.15 bits per heavy atom. The first-order valence-corrected chi connectivity index (χ1v) is 7.42. The van der Waals surface area contributed by atoms with Crippen LogP contribution in [-0.4, -0.2) is 6.54 Å². The number of nitrogens with one attached hydrogen (secondary N) is 1. The van der Waals surface area contributed by atoms with Crippen LogP contribution in [0.4, 0.5) is 10.1 Å². The van der Waals surface area contributed by atoms with Gasteiger partial charge in [-0.05, 0) is 51.8 Å². The summed E-state index contributed by atoms with van der Waals surface area (Å²) in [4.78, 5) is 0. The molecule has 0 aliphatic carbocycles. The van der Waals surface area contributed by atoms with E-state index in [2.05, 4.69) is 21.2 Å². The molecule has 0 aliphatic rings. The van der Waals surface area contributed by atoms with E-state index in [-0.39, 0.29) is 11.9 Å². The van der Waals surface area contributed by atoms with Crippen LogP contribution in [0.1, 0.15) is 11.6 Å². The van der Waals surface area contributed by atoms with Gasteiger partial charge < -0.3 is 11.1 Å². The number of benzene rings is 2. The SMILES string of the molecule is NCC(Nc1ccc(Br)c(Cl)c1)c1ccc(F)cc1Cl. The van der Waals surface area contributed by atoms with Crippen LogP contribution in [-0.2, 0) is 0 Å². The van der Waals surface area contributed by atoms with E-state index in [1.165, 1.54) is 12.1 Å². The smallest absolute Gasteiger partial charge is 0.124 e. The van der Waals surface area contributed by atoms with Crippen LogP contribution < -0.4 is 11.1 Å². The molecular weight excluding hydrogens is 366 g/mol. The maximum absolute atomic E-state index is 13.1. The Hall–Kier alpha value is -0.810. The highest BCUT2D eigenvalue weighted by Gasteiger charge is 2.14. The highest BCUT2D eigenvalue weighted by molar-refractivity contribution is 9.10. The summed E-state index contributed by atoms with van der Waals surface area (Å²) in [5, 5.41) is 4.17. The van der Waals surface area contributed by atoms with E-state index in [4.69, 9.17) is 28.9 Å². The van der Waals surface area contributed by atoms with Crippen molar-refractivity contribution in [2.45, 2.75) is 6.04 Å². The summed E-state index contributed by atoms with van der Waals surface area (Å²) in [6, 6.07) is 9.53. The summed E-state index contributed by atoms with van der Waals surface area (Å²) in [7, 11) is 0. The fourth-order valence-electron chi connectivity index (χ4n) is 1.83. The van der Waals surface area contributed by atoms with Crippen molar-refractivity contribution in [3.05, 3.63) is 62.3 Å². The zero-order valence-electron chi connectivity index (χ0n) is 10.3. The molecule has 3 N–H and O–H groups in total. The number of halogens is 4. The van der Waals surface area contributed by atoms with Crippen molar-refractivity contribution in [3.63, 3.8) is 0 Å². The van der Waals surface area contributed by atoms with Crippen molar-refractivity contribution in [1.82, 2.24) is 0 Å². The van der Waals surface area contributed by atoms with Crippen LogP contribution in [0.15, 0.2) is 40.9 Å². The van der Waals surface area contributed by atoms with Crippen LogP contribution in [0.25, 0.3) is 0 Å². The average Bonchev–Trinajstić information content (AvgIpc) is 2.41. The van der Waals surface area contributed by atoms with Crippen molar-refractivity contribution in [2.24, 2.45) is 5.73 Å². The van der Waals surface area contributed by atoms with Crippen LogP contribution >= 0.6 is 39.1 Å². The van der Waals surface area contributed by atoms with Crippen LogP contribution in [0.2, 0.25) is 10.0 Å². The van der Waals surface area contributed by atoms with E-state index in [1.807, 2.05) is 12.1 Å². The van der Waals surface area contributed by atoms with E-state index in [0.29, 0.717) is 16.6 Å². The Kier molecular flexibility index (Phi) is 5.27. The van der Waals surface area contributed by atoms with Crippen molar-refractivity contribution < 1.29 is 4.39 Å². The van der Waals surface area contributed by atoms with Gasteiger partial charge in [-0.25, -0.2) is 4.39 Å². The van der Waals surface area contributed by atoms with Gasteiger partial charge in [0, 0.05) is 21.7 Å². The van der Waals surface area contributed by atoms with Gasteiger partial charge in [0.25, 0.3) is 0 Å². The van der Waals surface area contributed by atoms with E-state index >= 15 is 0 Å². The Labute approximate surface area is 135 Å². The van der Waals surface area contributed by atoms with Crippen molar-refractivity contribution >= 4 is 44.8 Å². The molecule has 0 saturated carbocycles. The molecule has 0 aromatic heterocycles. The molecule has 20 heavy (non-hydrogen) atoms. The summed E-state index contributed by atoms with van der Waals surface area (Å²) in [5.41, 5.74) is 7.33. The van der Waals surface area contributed by atoms with Gasteiger partial charge in [-0.2, -0.15) is 0 Å². The largest absolute Gasteiger partial charge is 0.377 e. The normalized spacial score (nSPS) is 12.2. The molecule has 0 amide bonds. The fourth-order valence-corrected chi connectivity index (χ4v) is 2.56. The lowest BCUT2D eigenvalue weighted by atomic mass is 10.1. The molecule has 0 heterocycles. The van der Waals surface area contributed by atoms with Gasteiger partial charge in [0.2, 0.25) is 0 Å². The van der Waals surface area contributed by atoms with Crippen LogP contribution in [0.3, 0.4) is 0 Å². The van der Waals surface area contributed by atoms with E-state index in [9.17, 15) is 4.39 Å². The number of nitrogens with two attached hydrogens (primary N) is 1. The minimum atomic E-state index is -0.374. The average molecular weight is 378 g/mol. The predicted molar refractivity (Wildman–Crippen MR) is 86.0 cm³/mol. The van der Waals surface area contributed by atoms with Gasteiger partial charge in [-0.1, -0.05) is 29.3 Å². The first kappa shape index (κ1) is 15.6. The monoisotopic (exact) mass is 376 g/mol. The quantitative estimate of drug-likeness (QED) is 0.786. The Balaban J connectivity index is 2.26. The van der Waals surface area contributed by atoms with Crippen molar-refractivity contribution in [3.8, 4) is 0 Å². The van der Waals surface area contributed by atoms with Crippen molar-refractivity contribution in [1.29, 1.82) is 0 Å². The zero-order valence-corrected chi connectivity index (χ0v) is 13.4. The van der Waals surface area contributed by atoms with Crippen LogP contribution in [0.5, 0.6) is 0 Å². The fraction of sp³-hybridized carbons (Fsp3) is 0.143. The molecule has 0 saturated heterocycles. The predicted octanol–water partition coefficient (Wildman–Crippen LogP) is 5.01. The molecule has 2 aromatic rings. The molecule has 0 aliphatic heterocycles. The highest BCUT2D eigenvalue weighted by Crippen LogP contribution is 2.30. The first-order chi connectivity index (χ1) is 9.51. The molecule has 2 aromatic carbocycles. The van der Waals surface area contributed by atoms with E-state index in [1.54, 1.807) is 12.1 Å². The number of anilines is 1. The van der Waals surface area contributed by atoms with E-state index < -0.39 is 0 Å². The minimum absolute atomic E-state index is 0.222. The summed E-state index contributed by atoms with van der Waals surface area (Å²) < 4.78 is 13.9. The third-order valence-electron chi connectivity index (χ3n) is 2.83. The third kappa shape index (κ3) is 3.64. The second kappa shape index (κ2) is 6.76. The Bertz CT molecular complexity index is 622. The molecular formula is C14H12BrCl2FN2.